The Morgan fingerprint density at radius 1 is 0.689 bits per heavy atom. The number of carbonyl (C=O) groups is 5. The first-order chi connectivity index (χ1) is 28.8. The van der Waals surface area contributed by atoms with Gasteiger partial charge in [-0.05, 0) is 134 Å². The molecule has 6 rings (SSSR count). The van der Waals surface area contributed by atoms with E-state index in [0.29, 0.717) is 22.7 Å². The van der Waals surface area contributed by atoms with Gasteiger partial charge in [-0.2, -0.15) is 0 Å². The van der Waals surface area contributed by atoms with Crippen molar-refractivity contribution in [1.29, 1.82) is 0 Å². The maximum absolute atomic E-state index is 13.1. The fraction of sp³-hybridized carbons (Fsp3) is 0.255. The molecule has 61 heavy (non-hydrogen) atoms. The van der Waals surface area contributed by atoms with Crippen molar-refractivity contribution in [3.05, 3.63) is 143 Å². The van der Waals surface area contributed by atoms with Gasteiger partial charge in [-0.3, -0.25) is 19.2 Å². The number of hydrogen-bond donors (Lipinski definition) is 3. The van der Waals surface area contributed by atoms with E-state index in [9.17, 15) is 29.1 Å². The Kier molecular flexibility index (Phi) is 15.4. The number of phenols is 1. The molecule has 14 heteroatoms. The molecule has 0 bridgehead atoms. The lowest BCUT2D eigenvalue weighted by atomic mass is 9.86. The van der Waals surface area contributed by atoms with Gasteiger partial charge in [-0.15, -0.1) is 0 Å². The SMILES string of the molecule is C=CC(=O)Cl.C=CC(=O)N[C@@H]1C(=O)N(c2cc(C)c(C)c(OC)c2)[C@H]1c1ccc(C)c(OC(=O)C=C)c1.COc1cc(N2C(=O)[C@@H](N)[C@@H]2c2ccc(C)c(O)c2)cc(C)c1C. The number of methoxy groups -OCH3 is 2. The first-order valence-electron chi connectivity index (χ1n) is 19.0. The van der Waals surface area contributed by atoms with Gasteiger partial charge in [0.1, 0.15) is 35.1 Å². The van der Waals surface area contributed by atoms with Crippen LogP contribution in [0.2, 0.25) is 0 Å². The van der Waals surface area contributed by atoms with Crippen LogP contribution in [0.3, 0.4) is 0 Å². The summed E-state index contributed by atoms with van der Waals surface area (Å²) in [5.41, 5.74) is 14.5. The number of anilines is 2. The Morgan fingerprint density at radius 3 is 1.64 bits per heavy atom. The van der Waals surface area contributed by atoms with Gasteiger partial charge < -0.3 is 40.2 Å². The van der Waals surface area contributed by atoms with Gasteiger partial charge in [0.15, 0.2) is 0 Å². The highest BCUT2D eigenvalue weighted by Crippen LogP contribution is 2.44. The number of nitrogens with zero attached hydrogens (tertiary/aromatic N) is 2. The molecule has 2 saturated heterocycles. The van der Waals surface area contributed by atoms with Crippen LogP contribution in [-0.4, -0.2) is 60.3 Å². The zero-order valence-electron chi connectivity index (χ0n) is 35.5. The van der Waals surface area contributed by atoms with Crippen LogP contribution < -0.4 is 35.1 Å². The predicted octanol–water partition coefficient (Wildman–Crippen LogP) is 7.15. The highest BCUT2D eigenvalue weighted by molar-refractivity contribution is 6.66. The lowest BCUT2D eigenvalue weighted by Gasteiger charge is -2.47. The number of phenolic OH excluding ortho intramolecular Hbond substituents is 1. The minimum atomic E-state index is -0.793. The minimum Gasteiger partial charge on any atom is -0.508 e. The van der Waals surface area contributed by atoms with Crippen LogP contribution in [0.15, 0.2) is 98.6 Å². The quantitative estimate of drug-likeness (QED) is 0.0462. The fourth-order valence-corrected chi connectivity index (χ4v) is 6.82. The maximum Gasteiger partial charge on any atom is 0.335 e. The number of ether oxygens (including phenoxy) is 3. The van der Waals surface area contributed by atoms with Gasteiger partial charge in [-0.25, -0.2) is 4.79 Å². The number of rotatable bonds is 11. The average molecular weight is 851 g/mol. The van der Waals surface area contributed by atoms with Crippen molar-refractivity contribution in [2.24, 2.45) is 5.73 Å². The van der Waals surface area contributed by atoms with Crippen LogP contribution in [0.1, 0.15) is 56.6 Å². The zero-order chi connectivity index (χ0) is 45.5. The fourth-order valence-electron chi connectivity index (χ4n) is 6.82. The molecule has 4 aromatic carbocycles. The Morgan fingerprint density at radius 2 is 1.18 bits per heavy atom. The van der Waals surface area contributed by atoms with Crippen LogP contribution in [0.4, 0.5) is 11.4 Å². The summed E-state index contributed by atoms with van der Waals surface area (Å²) in [4.78, 5) is 62.0. The van der Waals surface area contributed by atoms with Gasteiger partial charge in [0.05, 0.1) is 26.3 Å². The lowest BCUT2D eigenvalue weighted by molar-refractivity contribution is -0.131. The number of nitrogens with two attached hydrogens (primary N) is 1. The number of amides is 3. The van der Waals surface area contributed by atoms with Gasteiger partial charge in [0.25, 0.3) is 5.91 Å². The van der Waals surface area contributed by atoms with E-state index in [0.717, 1.165) is 68.6 Å². The minimum absolute atomic E-state index is 0.134. The summed E-state index contributed by atoms with van der Waals surface area (Å²) >= 11 is 4.71. The number of aromatic hydroxyl groups is 1. The lowest BCUT2D eigenvalue weighted by Crippen LogP contribution is -2.65. The summed E-state index contributed by atoms with van der Waals surface area (Å²) in [7, 11) is 3.19. The van der Waals surface area contributed by atoms with Gasteiger partial charge in [0, 0.05) is 29.6 Å². The van der Waals surface area contributed by atoms with Crippen LogP contribution in [0, 0.1) is 41.5 Å². The molecule has 2 aliphatic rings. The van der Waals surface area contributed by atoms with Crippen LogP contribution in [0.25, 0.3) is 0 Å². The molecule has 0 aromatic heterocycles. The van der Waals surface area contributed by atoms with Gasteiger partial charge in [0.2, 0.25) is 17.1 Å². The Hall–Kier alpha value is -6.70. The largest absolute Gasteiger partial charge is 0.508 e. The molecule has 320 valence electrons. The molecule has 13 nitrogen and oxygen atoms in total. The molecule has 3 amide bonds. The van der Waals surface area contributed by atoms with Crippen molar-refractivity contribution in [2.45, 2.75) is 65.7 Å². The highest BCUT2D eigenvalue weighted by atomic mass is 35.5. The predicted molar refractivity (Wildman–Crippen MR) is 236 cm³/mol. The van der Waals surface area contributed by atoms with E-state index in [1.54, 1.807) is 48.3 Å². The molecule has 2 heterocycles. The molecule has 4 aromatic rings. The van der Waals surface area contributed by atoms with Crippen molar-refractivity contribution in [2.75, 3.05) is 24.0 Å². The average Bonchev–Trinajstić information content (AvgIpc) is 3.24. The topological polar surface area (TPSA) is 178 Å². The van der Waals surface area contributed by atoms with Crippen LogP contribution >= 0.6 is 11.6 Å². The molecule has 4 atom stereocenters. The van der Waals surface area contributed by atoms with Crippen molar-refractivity contribution >= 4 is 51.9 Å². The molecule has 2 aliphatic heterocycles. The summed E-state index contributed by atoms with van der Waals surface area (Å²) in [5, 5.41) is 12.2. The monoisotopic (exact) mass is 850 g/mol. The molecular weight excluding hydrogens is 800 g/mol. The molecule has 0 unspecified atom stereocenters. The van der Waals surface area contributed by atoms with Crippen molar-refractivity contribution < 1.29 is 43.3 Å². The Labute approximate surface area is 361 Å². The highest BCUT2D eigenvalue weighted by Gasteiger charge is 2.50. The number of nitrogens with one attached hydrogen (secondary N) is 1. The number of carbonyl (C=O) groups excluding carboxylic acids is 5. The number of benzene rings is 4. The number of hydrogen-bond acceptors (Lipinski definition) is 10. The van der Waals surface area contributed by atoms with Gasteiger partial charge >= 0.3 is 5.97 Å². The molecule has 2 fully saturated rings. The van der Waals surface area contributed by atoms with E-state index in [1.807, 2.05) is 77.9 Å². The zero-order valence-corrected chi connectivity index (χ0v) is 36.3. The van der Waals surface area contributed by atoms with Crippen LogP contribution in [0.5, 0.6) is 23.0 Å². The first-order valence-corrected chi connectivity index (χ1v) is 19.4. The van der Waals surface area contributed by atoms with E-state index in [2.05, 4.69) is 25.1 Å². The van der Waals surface area contributed by atoms with Gasteiger partial charge in [-0.1, -0.05) is 44.0 Å². The van der Waals surface area contributed by atoms with Crippen LogP contribution in [-0.2, 0) is 24.0 Å². The summed E-state index contributed by atoms with van der Waals surface area (Å²) in [6.07, 6.45) is 3.25. The summed E-state index contributed by atoms with van der Waals surface area (Å²) < 4.78 is 16.2. The standard InChI is InChI=1S/C25H26N2O5.C19H22N2O3.C3H3ClO/c1-7-21(28)26-23-24(17-10-9-14(3)19(12-17)32-22(29)8-2)27(25(23)30)18-11-15(4)16(5)20(13-18)31-6;1-10-5-6-13(8-15(10)22)18-17(20)19(23)21(18)14-7-11(2)12(3)16(9-14)24-4;1-2-3(4)5/h7-13,23-24H,1-2H2,3-6H3,(H,26,28);5-9,17-18,22H,20H2,1-4H3;2H,1H2/t23-,24-;17-,18-;/m00./s1. The van der Waals surface area contributed by atoms with Crippen molar-refractivity contribution in [3.8, 4) is 23.0 Å². The smallest absolute Gasteiger partial charge is 0.335 e. The number of allylic oxidation sites excluding steroid dienone is 1. The molecular formula is C47H51ClN4O9. The second kappa shape index (κ2) is 20.0. The van der Waals surface area contributed by atoms with E-state index >= 15 is 0 Å². The molecule has 0 radical (unpaired) electrons. The molecule has 4 N–H and O–H groups in total. The molecule has 0 spiro atoms. The number of aryl methyl sites for hydroxylation is 4. The number of β-lactam (4-membered cyclic amide) rings is 2. The number of halogens is 1. The molecule has 0 saturated carbocycles. The third kappa shape index (κ3) is 10.2. The van der Waals surface area contributed by atoms with Crippen molar-refractivity contribution in [1.82, 2.24) is 5.32 Å². The second-order valence-electron chi connectivity index (χ2n) is 14.4. The first kappa shape index (κ1) is 47.0. The summed E-state index contributed by atoms with van der Waals surface area (Å²) in [6, 6.07) is 16.1. The van der Waals surface area contributed by atoms with E-state index < -0.39 is 35.2 Å². The van der Waals surface area contributed by atoms with E-state index in [4.69, 9.17) is 31.5 Å². The van der Waals surface area contributed by atoms with E-state index in [-0.39, 0.29) is 23.6 Å². The second-order valence-corrected chi connectivity index (χ2v) is 14.8. The normalized spacial score (nSPS) is 17.5. The Bertz CT molecular complexity index is 2410. The summed E-state index contributed by atoms with van der Waals surface area (Å²) in [5.74, 6) is 0.539. The Balaban J connectivity index is 0.000000249. The number of esters is 1. The van der Waals surface area contributed by atoms with E-state index in [1.165, 1.54) is 0 Å². The third-order valence-electron chi connectivity index (χ3n) is 10.6. The molecule has 0 aliphatic carbocycles. The third-order valence-corrected chi connectivity index (χ3v) is 10.7. The maximum atomic E-state index is 13.1. The summed E-state index contributed by atoms with van der Waals surface area (Å²) in [6.45, 7) is 21.5. The van der Waals surface area contributed by atoms with Crippen molar-refractivity contribution in [3.63, 3.8) is 0 Å².